The number of rotatable bonds is 7. The Bertz CT molecular complexity index is 1300. The van der Waals surface area contributed by atoms with Crippen molar-refractivity contribution in [2.45, 2.75) is 6.92 Å². The smallest absolute Gasteiger partial charge is 0.321 e. The summed E-state index contributed by atoms with van der Waals surface area (Å²) in [7, 11) is 0. The molecule has 0 bridgehead atoms. The van der Waals surface area contributed by atoms with Gasteiger partial charge < -0.3 is 25.8 Å². The van der Waals surface area contributed by atoms with Gasteiger partial charge >= 0.3 is 6.03 Å². The number of aromatic nitrogens is 2. The van der Waals surface area contributed by atoms with Gasteiger partial charge in [0, 0.05) is 49.3 Å². The molecule has 9 heteroatoms. The minimum absolute atomic E-state index is 0.161. The van der Waals surface area contributed by atoms with Crippen LogP contribution in [0.1, 0.15) is 11.1 Å². The minimum Gasteiger partial charge on any atom is -0.354 e. The lowest BCUT2D eigenvalue weighted by molar-refractivity contribution is 0.208. The number of anilines is 5. The van der Waals surface area contributed by atoms with Gasteiger partial charge in [-0.05, 0) is 49.4 Å². The Hall–Kier alpha value is -4.84. The molecule has 1 aliphatic heterocycles. The van der Waals surface area contributed by atoms with Crippen molar-refractivity contribution in [3.8, 4) is 6.07 Å². The topological polar surface area (TPSA) is 109 Å². The molecule has 0 spiro atoms. The van der Waals surface area contributed by atoms with Crippen LogP contribution in [0.4, 0.5) is 33.6 Å². The fraction of sp³-hybridized carbons (Fsp3) is 0.185. The number of aryl methyl sites for hydroxylation is 1. The Morgan fingerprint density at radius 3 is 2.42 bits per heavy atom. The molecule has 1 saturated heterocycles. The first kappa shape index (κ1) is 24.3. The van der Waals surface area contributed by atoms with Gasteiger partial charge in [-0.25, -0.2) is 9.78 Å². The highest BCUT2D eigenvalue weighted by Gasteiger charge is 2.23. The molecule has 36 heavy (non-hydrogen) atoms. The maximum atomic E-state index is 12.7. The maximum Gasteiger partial charge on any atom is 0.321 e. The van der Waals surface area contributed by atoms with Crippen molar-refractivity contribution in [2.24, 2.45) is 0 Å². The number of piperazine rings is 1. The van der Waals surface area contributed by atoms with Crippen molar-refractivity contribution in [3.63, 3.8) is 0 Å². The molecule has 0 aliphatic carbocycles. The van der Waals surface area contributed by atoms with Gasteiger partial charge in [0.25, 0.3) is 0 Å². The molecule has 182 valence electrons. The van der Waals surface area contributed by atoms with Crippen LogP contribution >= 0.6 is 0 Å². The van der Waals surface area contributed by atoms with Gasteiger partial charge in [-0.3, -0.25) is 0 Å². The number of urea groups is 1. The Kier molecular flexibility index (Phi) is 7.46. The molecule has 0 saturated carbocycles. The standard InChI is InChI=1S/C27H28N8O/c1-4-20(3)30-23-7-5-6-8-24(23)32-26-29-18-19(2)25(33-26)34-13-15-35(16-14-34)27(36)31-22-11-9-21(17-28)10-12-22/h4-12,18,30H,1,3,13-16H2,2H3,(H,31,36)(H,29,32,33). The average Bonchev–Trinajstić information content (AvgIpc) is 2.91. The van der Waals surface area contributed by atoms with Crippen molar-refractivity contribution in [1.82, 2.24) is 14.9 Å². The van der Waals surface area contributed by atoms with Crippen molar-refractivity contribution in [3.05, 3.63) is 90.8 Å². The molecule has 1 fully saturated rings. The van der Waals surface area contributed by atoms with Gasteiger partial charge in [0.1, 0.15) is 5.82 Å². The predicted molar refractivity (Wildman–Crippen MR) is 143 cm³/mol. The summed E-state index contributed by atoms with van der Waals surface area (Å²) < 4.78 is 0. The molecule has 2 heterocycles. The molecule has 4 rings (SSSR count). The van der Waals surface area contributed by atoms with Crippen LogP contribution in [-0.4, -0.2) is 47.1 Å². The van der Waals surface area contributed by atoms with Crippen LogP contribution < -0.4 is 20.9 Å². The molecule has 0 radical (unpaired) electrons. The Morgan fingerprint density at radius 2 is 1.75 bits per heavy atom. The third-order valence-electron chi connectivity index (χ3n) is 5.79. The number of para-hydroxylation sites is 2. The third kappa shape index (κ3) is 5.80. The Labute approximate surface area is 210 Å². The summed E-state index contributed by atoms with van der Waals surface area (Å²) in [6.45, 7) is 12.0. The number of allylic oxidation sites excluding steroid dienone is 1. The summed E-state index contributed by atoms with van der Waals surface area (Å²) in [5.41, 5.74) is 4.53. The normalized spacial score (nSPS) is 12.9. The number of nitrogens with one attached hydrogen (secondary N) is 3. The van der Waals surface area contributed by atoms with Crippen LogP contribution in [0.5, 0.6) is 0 Å². The zero-order valence-electron chi connectivity index (χ0n) is 20.2. The second-order valence-corrected chi connectivity index (χ2v) is 8.32. The van der Waals surface area contributed by atoms with E-state index >= 15 is 0 Å². The van der Waals surface area contributed by atoms with E-state index in [0.717, 1.165) is 22.8 Å². The lowest BCUT2D eigenvalue weighted by Crippen LogP contribution is -2.50. The Morgan fingerprint density at radius 1 is 1.06 bits per heavy atom. The third-order valence-corrected chi connectivity index (χ3v) is 5.79. The molecule has 2 amide bonds. The van der Waals surface area contributed by atoms with E-state index in [1.54, 1.807) is 41.4 Å². The van der Waals surface area contributed by atoms with E-state index in [-0.39, 0.29) is 6.03 Å². The second-order valence-electron chi connectivity index (χ2n) is 8.32. The fourth-order valence-corrected chi connectivity index (χ4v) is 3.81. The second kappa shape index (κ2) is 11.1. The van der Waals surface area contributed by atoms with Crippen LogP contribution in [0.3, 0.4) is 0 Å². The van der Waals surface area contributed by atoms with Gasteiger partial charge in [0.05, 0.1) is 23.0 Å². The highest BCUT2D eigenvalue weighted by atomic mass is 16.2. The summed E-state index contributed by atoms with van der Waals surface area (Å²) in [6, 6.07) is 16.5. The van der Waals surface area contributed by atoms with E-state index < -0.39 is 0 Å². The van der Waals surface area contributed by atoms with E-state index in [4.69, 9.17) is 10.2 Å². The molecule has 3 N–H and O–H groups in total. The number of benzene rings is 2. The van der Waals surface area contributed by atoms with E-state index in [0.29, 0.717) is 49.1 Å². The first-order chi connectivity index (χ1) is 17.5. The van der Waals surface area contributed by atoms with Crippen LogP contribution in [0.25, 0.3) is 0 Å². The van der Waals surface area contributed by atoms with Gasteiger partial charge in [-0.2, -0.15) is 10.2 Å². The number of hydrogen-bond donors (Lipinski definition) is 3. The monoisotopic (exact) mass is 480 g/mol. The number of amides is 2. The summed E-state index contributed by atoms with van der Waals surface area (Å²) in [5, 5.41) is 18.3. The molecule has 0 atom stereocenters. The highest BCUT2D eigenvalue weighted by molar-refractivity contribution is 5.89. The largest absolute Gasteiger partial charge is 0.354 e. The molecular weight excluding hydrogens is 452 g/mol. The molecular formula is C27H28N8O. The SMILES string of the molecule is C=CC(=C)Nc1ccccc1Nc1ncc(C)c(N2CCN(C(=O)Nc3ccc(C#N)cc3)CC2)n1. The summed E-state index contributed by atoms with van der Waals surface area (Å²) in [5.74, 6) is 1.32. The molecule has 1 aliphatic rings. The molecule has 3 aromatic rings. The lowest BCUT2D eigenvalue weighted by Gasteiger charge is -2.36. The number of carbonyl (C=O) groups excluding carboxylic acids is 1. The van der Waals surface area contributed by atoms with Crippen molar-refractivity contribution >= 4 is 34.9 Å². The average molecular weight is 481 g/mol. The predicted octanol–water partition coefficient (Wildman–Crippen LogP) is 4.87. The first-order valence-corrected chi connectivity index (χ1v) is 11.6. The van der Waals surface area contributed by atoms with Crippen molar-refractivity contribution in [2.75, 3.05) is 47.0 Å². The lowest BCUT2D eigenvalue weighted by atomic mass is 10.2. The van der Waals surface area contributed by atoms with E-state index in [1.165, 1.54) is 0 Å². The van der Waals surface area contributed by atoms with Crippen LogP contribution in [-0.2, 0) is 0 Å². The highest BCUT2D eigenvalue weighted by Crippen LogP contribution is 2.27. The zero-order chi connectivity index (χ0) is 25.5. The van der Waals surface area contributed by atoms with Gasteiger partial charge in [0.15, 0.2) is 0 Å². The van der Waals surface area contributed by atoms with Crippen molar-refractivity contribution in [1.29, 1.82) is 5.26 Å². The van der Waals surface area contributed by atoms with Gasteiger partial charge in [0.2, 0.25) is 5.95 Å². The number of nitrogens with zero attached hydrogens (tertiary/aromatic N) is 5. The Balaban J connectivity index is 1.40. The maximum absolute atomic E-state index is 12.7. The molecule has 2 aromatic carbocycles. The molecule has 9 nitrogen and oxygen atoms in total. The van der Waals surface area contributed by atoms with Crippen molar-refractivity contribution < 1.29 is 4.79 Å². The summed E-state index contributed by atoms with van der Waals surface area (Å²) in [4.78, 5) is 25.9. The van der Waals surface area contributed by atoms with E-state index in [1.807, 2.05) is 31.2 Å². The zero-order valence-corrected chi connectivity index (χ0v) is 20.2. The molecule has 0 unspecified atom stereocenters. The quantitative estimate of drug-likeness (QED) is 0.414. The number of nitriles is 1. The van der Waals surface area contributed by atoms with Crippen LogP contribution in [0, 0.1) is 18.3 Å². The van der Waals surface area contributed by atoms with Gasteiger partial charge in [-0.15, -0.1) is 0 Å². The van der Waals surface area contributed by atoms with Crippen LogP contribution in [0.15, 0.2) is 79.7 Å². The first-order valence-electron chi connectivity index (χ1n) is 11.6. The van der Waals surface area contributed by atoms with E-state index in [2.05, 4.69) is 45.1 Å². The fourth-order valence-electron chi connectivity index (χ4n) is 3.81. The minimum atomic E-state index is -0.161. The van der Waals surface area contributed by atoms with Gasteiger partial charge in [-0.1, -0.05) is 25.3 Å². The number of carbonyl (C=O) groups is 1. The van der Waals surface area contributed by atoms with E-state index in [9.17, 15) is 4.79 Å². The summed E-state index contributed by atoms with van der Waals surface area (Å²) >= 11 is 0. The molecule has 1 aromatic heterocycles. The number of hydrogen-bond acceptors (Lipinski definition) is 7. The van der Waals surface area contributed by atoms with Crippen LogP contribution in [0.2, 0.25) is 0 Å². The summed E-state index contributed by atoms with van der Waals surface area (Å²) in [6.07, 6.45) is 3.45.